The standard InChI is InChI=1S/C17H16BrNO5/c1-22-14-8-7-13(9-15(14)23-2)19-16(20)10-24-17(21)11-3-5-12(18)6-4-11/h3-9H,10H2,1-2H3,(H,19,20). The highest BCUT2D eigenvalue weighted by molar-refractivity contribution is 9.10. The van der Waals surface area contributed by atoms with Crippen molar-refractivity contribution < 1.29 is 23.8 Å². The van der Waals surface area contributed by atoms with E-state index in [1.54, 1.807) is 42.5 Å². The zero-order chi connectivity index (χ0) is 17.5. The van der Waals surface area contributed by atoms with Crippen molar-refractivity contribution in [2.24, 2.45) is 0 Å². The summed E-state index contributed by atoms with van der Waals surface area (Å²) in [5, 5.41) is 2.62. The Kier molecular flexibility index (Phi) is 6.20. The van der Waals surface area contributed by atoms with Crippen LogP contribution in [0.15, 0.2) is 46.9 Å². The minimum Gasteiger partial charge on any atom is -0.493 e. The molecule has 0 spiro atoms. The van der Waals surface area contributed by atoms with E-state index in [0.717, 1.165) is 4.47 Å². The Morgan fingerprint density at radius 3 is 2.29 bits per heavy atom. The Morgan fingerprint density at radius 1 is 1.00 bits per heavy atom. The van der Waals surface area contributed by atoms with E-state index in [4.69, 9.17) is 14.2 Å². The van der Waals surface area contributed by atoms with Crippen molar-refractivity contribution in [1.82, 2.24) is 0 Å². The summed E-state index contributed by atoms with van der Waals surface area (Å²) in [5.41, 5.74) is 0.884. The molecule has 0 saturated heterocycles. The second-order valence-corrected chi connectivity index (χ2v) is 5.62. The van der Waals surface area contributed by atoms with Gasteiger partial charge in [0, 0.05) is 16.2 Å². The Bertz CT molecular complexity index is 730. The Balaban J connectivity index is 1.91. The molecule has 0 bridgehead atoms. The van der Waals surface area contributed by atoms with E-state index < -0.39 is 11.9 Å². The number of benzene rings is 2. The van der Waals surface area contributed by atoms with Crippen molar-refractivity contribution in [3.8, 4) is 11.5 Å². The lowest BCUT2D eigenvalue weighted by atomic mass is 10.2. The molecule has 2 rings (SSSR count). The molecule has 2 aromatic carbocycles. The number of rotatable bonds is 6. The van der Waals surface area contributed by atoms with Crippen molar-refractivity contribution in [1.29, 1.82) is 0 Å². The van der Waals surface area contributed by atoms with Crippen molar-refractivity contribution in [3.05, 3.63) is 52.5 Å². The van der Waals surface area contributed by atoms with E-state index in [0.29, 0.717) is 22.7 Å². The van der Waals surface area contributed by atoms with Gasteiger partial charge in [-0.1, -0.05) is 15.9 Å². The minimum absolute atomic E-state index is 0.372. The number of esters is 1. The largest absolute Gasteiger partial charge is 0.493 e. The van der Waals surface area contributed by atoms with E-state index in [1.165, 1.54) is 14.2 Å². The molecule has 6 nitrogen and oxygen atoms in total. The molecule has 1 N–H and O–H groups in total. The summed E-state index contributed by atoms with van der Waals surface area (Å²) in [4.78, 5) is 23.7. The van der Waals surface area contributed by atoms with Gasteiger partial charge in [-0.15, -0.1) is 0 Å². The topological polar surface area (TPSA) is 73.9 Å². The van der Waals surface area contributed by atoms with E-state index in [-0.39, 0.29) is 6.61 Å². The molecule has 0 radical (unpaired) electrons. The lowest BCUT2D eigenvalue weighted by Gasteiger charge is -2.10. The van der Waals surface area contributed by atoms with E-state index >= 15 is 0 Å². The van der Waals surface area contributed by atoms with E-state index in [2.05, 4.69) is 21.2 Å². The van der Waals surface area contributed by atoms with Crippen LogP contribution >= 0.6 is 15.9 Å². The van der Waals surface area contributed by atoms with Crippen molar-refractivity contribution >= 4 is 33.5 Å². The van der Waals surface area contributed by atoms with Crippen LogP contribution < -0.4 is 14.8 Å². The van der Waals surface area contributed by atoms with Crippen LogP contribution in [0.25, 0.3) is 0 Å². The van der Waals surface area contributed by atoms with Crippen LogP contribution in [0.3, 0.4) is 0 Å². The molecule has 24 heavy (non-hydrogen) atoms. The molecule has 0 aromatic heterocycles. The van der Waals surface area contributed by atoms with Gasteiger partial charge in [-0.05, 0) is 36.4 Å². The smallest absolute Gasteiger partial charge is 0.338 e. The van der Waals surface area contributed by atoms with Crippen LogP contribution in [0.1, 0.15) is 10.4 Å². The summed E-state index contributed by atoms with van der Waals surface area (Å²) in [7, 11) is 3.03. The third-order valence-electron chi connectivity index (χ3n) is 3.08. The van der Waals surface area contributed by atoms with Gasteiger partial charge in [-0.3, -0.25) is 4.79 Å². The number of carbonyl (C=O) groups is 2. The molecular formula is C17H16BrNO5. The number of amides is 1. The molecular weight excluding hydrogens is 378 g/mol. The van der Waals surface area contributed by atoms with Crippen LogP contribution in [0.2, 0.25) is 0 Å². The Morgan fingerprint density at radius 2 is 1.67 bits per heavy atom. The first-order chi connectivity index (χ1) is 11.5. The summed E-state index contributed by atoms with van der Waals surface area (Å²) in [6, 6.07) is 11.6. The molecule has 0 atom stereocenters. The van der Waals surface area contributed by atoms with Gasteiger partial charge in [0.15, 0.2) is 18.1 Å². The molecule has 7 heteroatoms. The van der Waals surface area contributed by atoms with Crippen LogP contribution in [-0.4, -0.2) is 32.7 Å². The van der Waals surface area contributed by atoms with Crippen LogP contribution in [0.5, 0.6) is 11.5 Å². The Hall–Kier alpha value is -2.54. The monoisotopic (exact) mass is 393 g/mol. The lowest BCUT2D eigenvalue weighted by Crippen LogP contribution is -2.20. The maximum absolute atomic E-state index is 11.9. The number of hydrogen-bond donors (Lipinski definition) is 1. The average molecular weight is 394 g/mol. The van der Waals surface area contributed by atoms with Gasteiger partial charge in [0.05, 0.1) is 19.8 Å². The number of carbonyl (C=O) groups excluding carboxylic acids is 2. The van der Waals surface area contributed by atoms with Gasteiger partial charge in [-0.2, -0.15) is 0 Å². The number of halogens is 1. The highest BCUT2D eigenvalue weighted by Crippen LogP contribution is 2.29. The van der Waals surface area contributed by atoms with E-state index in [1.807, 2.05) is 0 Å². The number of hydrogen-bond acceptors (Lipinski definition) is 5. The lowest BCUT2D eigenvalue weighted by molar-refractivity contribution is -0.119. The third-order valence-corrected chi connectivity index (χ3v) is 3.61. The van der Waals surface area contributed by atoms with Gasteiger partial charge in [0.1, 0.15) is 0 Å². The molecule has 0 aliphatic carbocycles. The van der Waals surface area contributed by atoms with Crippen molar-refractivity contribution in [2.75, 3.05) is 26.1 Å². The summed E-state index contributed by atoms with van der Waals surface area (Å²) in [6.07, 6.45) is 0. The van der Waals surface area contributed by atoms with Crippen LogP contribution in [0.4, 0.5) is 5.69 Å². The molecule has 2 aromatic rings. The molecule has 0 fully saturated rings. The van der Waals surface area contributed by atoms with Gasteiger partial charge < -0.3 is 19.5 Å². The predicted octanol–water partition coefficient (Wildman–Crippen LogP) is 3.26. The third kappa shape index (κ3) is 4.73. The SMILES string of the molecule is COc1ccc(NC(=O)COC(=O)c2ccc(Br)cc2)cc1OC. The fourth-order valence-corrected chi connectivity index (χ4v) is 2.18. The number of anilines is 1. The Labute approximate surface area is 147 Å². The zero-order valence-electron chi connectivity index (χ0n) is 13.2. The van der Waals surface area contributed by atoms with Gasteiger partial charge in [0.25, 0.3) is 5.91 Å². The normalized spacial score (nSPS) is 9.96. The van der Waals surface area contributed by atoms with E-state index in [9.17, 15) is 9.59 Å². The van der Waals surface area contributed by atoms with Crippen LogP contribution in [-0.2, 0) is 9.53 Å². The molecule has 0 saturated carbocycles. The summed E-state index contributed by atoms with van der Waals surface area (Å²) in [6.45, 7) is -0.386. The summed E-state index contributed by atoms with van der Waals surface area (Å²) in [5.74, 6) is 0.0250. The first-order valence-electron chi connectivity index (χ1n) is 6.98. The quantitative estimate of drug-likeness (QED) is 0.762. The molecule has 0 aliphatic heterocycles. The second kappa shape index (κ2) is 8.35. The summed E-state index contributed by atoms with van der Waals surface area (Å²) < 4.78 is 16.1. The fraction of sp³-hybridized carbons (Fsp3) is 0.176. The van der Waals surface area contributed by atoms with Crippen molar-refractivity contribution in [2.45, 2.75) is 0 Å². The molecule has 1 amide bonds. The van der Waals surface area contributed by atoms with Gasteiger partial charge >= 0.3 is 5.97 Å². The van der Waals surface area contributed by atoms with Crippen LogP contribution in [0, 0.1) is 0 Å². The second-order valence-electron chi connectivity index (χ2n) is 4.70. The maximum Gasteiger partial charge on any atom is 0.338 e. The molecule has 0 heterocycles. The number of nitrogens with one attached hydrogen (secondary N) is 1. The fourth-order valence-electron chi connectivity index (χ4n) is 1.91. The molecule has 126 valence electrons. The maximum atomic E-state index is 11.9. The van der Waals surface area contributed by atoms with Gasteiger partial charge in [-0.25, -0.2) is 4.79 Å². The first kappa shape index (κ1) is 17.8. The summed E-state index contributed by atoms with van der Waals surface area (Å²) >= 11 is 3.28. The zero-order valence-corrected chi connectivity index (χ0v) is 14.8. The molecule has 0 aliphatic rings. The predicted molar refractivity (Wildman–Crippen MR) is 92.6 cm³/mol. The number of ether oxygens (including phenoxy) is 3. The highest BCUT2D eigenvalue weighted by Gasteiger charge is 2.11. The highest BCUT2D eigenvalue weighted by atomic mass is 79.9. The minimum atomic E-state index is -0.565. The van der Waals surface area contributed by atoms with Gasteiger partial charge in [0.2, 0.25) is 0 Å². The molecule has 0 unspecified atom stereocenters. The average Bonchev–Trinajstić information content (AvgIpc) is 2.60. The van der Waals surface area contributed by atoms with Crippen molar-refractivity contribution in [3.63, 3.8) is 0 Å². The first-order valence-corrected chi connectivity index (χ1v) is 7.77. The number of methoxy groups -OCH3 is 2.